The lowest BCUT2D eigenvalue weighted by atomic mass is 10.2. The Kier molecular flexibility index (Phi) is 5.30. The summed E-state index contributed by atoms with van der Waals surface area (Å²) in [5, 5.41) is 2.73. The second-order valence-electron chi connectivity index (χ2n) is 5.77. The molecule has 0 bridgehead atoms. The van der Waals surface area contributed by atoms with Crippen LogP contribution in [0.4, 0.5) is 5.69 Å². The highest BCUT2D eigenvalue weighted by molar-refractivity contribution is 8.00. The minimum Gasteiger partial charge on any atom is -0.490 e. The molecule has 1 aliphatic heterocycles. The number of nitrogens with one attached hydrogen (secondary N) is 1. The monoisotopic (exact) mass is 343 g/mol. The van der Waals surface area contributed by atoms with Crippen LogP contribution in [0.25, 0.3) is 0 Å². The maximum Gasteiger partial charge on any atom is 0.237 e. The van der Waals surface area contributed by atoms with Crippen molar-refractivity contribution in [1.82, 2.24) is 0 Å². The number of thioether (sulfide) groups is 1. The number of hydrogen-bond donors (Lipinski definition) is 1. The van der Waals surface area contributed by atoms with Gasteiger partial charge in [-0.15, -0.1) is 11.8 Å². The predicted octanol–water partition coefficient (Wildman–Crippen LogP) is 4.28. The Balaban J connectivity index is 1.63. The number of carbonyl (C=O) groups is 1. The quantitative estimate of drug-likeness (QED) is 0.842. The SMILES string of the molecule is Cc1ccc(NC(=O)[C@@H](C)Sc2ccc3c(c2)OCCCO3)cc1. The Morgan fingerprint density at radius 3 is 2.54 bits per heavy atom. The zero-order valence-electron chi connectivity index (χ0n) is 13.9. The van der Waals surface area contributed by atoms with E-state index in [0.717, 1.165) is 28.5 Å². The molecule has 2 aromatic rings. The van der Waals surface area contributed by atoms with Gasteiger partial charge < -0.3 is 14.8 Å². The molecule has 1 amide bonds. The van der Waals surface area contributed by atoms with E-state index in [9.17, 15) is 4.79 Å². The zero-order valence-corrected chi connectivity index (χ0v) is 14.7. The molecule has 4 nitrogen and oxygen atoms in total. The van der Waals surface area contributed by atoms with Gasteiger partial charge in [-0.05, 0) is 44.2 Å². The fraction of sp³-hybridized carbons (Fsp3) is 0.316. The van der Waals surface area contributed by atoms with Crippen molar-refractivity contribution in [2.24, 2.45) is 0 Å². The van der Waals surface area contributed by atoms with Crippen molar-refractivity contribution in [3.63, 3.8) is 0 Å². The van der Waals surface area contributed by atoms with Crippen LogP contribution < -0.4 is 14.8 Å². The molecule has 0 fully saturated rings. The molecule has 0 radical (unpaired) electrons. The van der Waals surface area contributed by atoms with Gasteiger partial charge in [-0.25, -0.2) is 0 Å². The van der Waals surface area contributed by atoms with Crippen molar-refractivity contribution in [3.05, 3.63) is 48.0 Å². The van der Waals surface area contributed by atoms with Gasteiger partial charge in [0.2, 0.25) is 5.91 Å². The third-order valence-electron chi connectivity index (χ3n) is 3.72. The van der Waals surface area contributed by atoms with Crippen LogP contribution in [0.2, 0.25) is 0 Å². The number of benzene rings is 2. The summed E-state index contributed by atoms with van der Waals surface area (Å²) in [6, 6.07) is 13.6. The van der Waals surface area contributed by atoms with Gasteiger partial charge in [-0.1, -0.05) is 17.7 Å². The predicted molar refractivity (Wildman–Crippen MR) is 97.2 cm³/mol. The van der Waals surface area contributed by atoms with E-state index < -0.39 is 0 Å². The van der Waals surface area contributed by atoms with E-state index in [4.69, 9.17) is 9.47 Å². The van der Waals surface area contributed by atoms with E-state index in [1.165, 1.54) is 17.3 Å². The van der Waals surface area contributed by atoms with Crippen molar-refractivity contribution in [3.8, 4) is 11.5 Å². The molecule has 3 rings (SSSR count). The first kappa shape index (κ1) is 16.7. The Labute approximate surface area is 146 Å². The van der Waals surface area contributed by atoms with E-state index in [1.54, 1.807) is 0 Å². The topological polar surface area (TPSA) is 47.6 Å². The van der Waals surface area contributed by atoms with Crippen LogP contribution in [0, 0.1) is 6.92 Å². The molecule has 0 aliphatic carbocycles. The maximum atomic E-state index is 12.4. The molecule has 126 valence electrons. The number of ether oxygens (including phenoxy) is 2. The second-order valence-corrected chi connectivity index (χ2v) is 7.19. The Morgan fingerprint density at radius 1 is 1.08 bits per heavy atom. The van der Waals surface area contributed by atoms with Crippen molar-refractivity contribution >= 4 is 23.4 Å². The molecular weight excluding hydrogens is 322 g/mol. The molecular formula is C19H21NO3S. The number of amides is 1. The number of anilines is 1. The molecule has 0 unspecified atom stereocenters. The van der Waals surface area contributed by atoms with Gasteiger partial charge >= 0.3 is 0 Å². The molecule has 1 heterocycles. The van der Waals surface area contributed by atoms with Crippen LogP contribution in [0.15, 0.2) is 47.4 Å². The van der Waals surface area contributed by atoms with Crippen LogP contribution in [0.1, 0.15) is 18.9 Å². The highest BCUT2D eigenvalue weighted by atomic mass is 32.2. The molecule has 1 aliphatic rings. The standard InChI is InChI=1S/C19H21NO3S/c1-13-4-6-15(7-5-13)20-19(21)14(2)24-16-8-9-17-18(12-16)23-11-3-10-22-17/h4-9,12,14H,3,10-11H2,1-2H3,(H,20,21)/t14-/m1/s1. The van der Waals surface area contributed by atoms with Gasteiger partial charge in [-0.2, -0.15) is 0 Å². The fourth-order valence-corrected chi connectivity index (χ4v) is 3.25. The van der Waals surface area contributed by atoms with E-state index in [0.29, 0.717) is 13.2 Å². The highest BCUT2D eigenvalue weighted by Crippen LogP contribution is 2.35. The molecule has 24 heavy (non-hydrogen) atoms. The van der Waals surface area contributed by atoms with Crippen LogP contribution in [-0.2, 0) is 4.79 Å². The number of hydrogen-bond acceptors (Lipinski definition) is 4. The molecule has 0 saturated heterocycles. The normalized spacial score (nSPS) is 14.6. The summed E-state index contributed by atoms with van der Waals surface area (Å²) in [4.78, 5) is 13.3. The molecule has 1 atom stereocenters. The van der Waals surface area contributed by atoms with Crippen LogP contribution in [0.5, 0.6) is 11.5 Å². The maximum absolute atomic E-state index is 12.4. The average Bonchev–Trinajstić information content (AvgIpc) is 2.81. The van der Waals surface area contributed by atoms with Crippen molar-refractivity contribution in [2.45, 2.75) is 30.4 Å². The van der Waals surface area contributed by atoms with E-state index in [2.05, 4.69) is 5.32 Å². The molecule has 0 saturated carbocycles. The summed E-state index contributed by atoms with van der Waals surface area (Å²) in [6.45, 7) is 5.25. The van der Waals surface area contributed by atoms with Gasteiger partial charge in [0.15, 0.2) is 11.5 Å². The van der Waals surface area contributed by atoms with Crippen LogP contribution in [0.3, 0.4) is 0 Å². The van der Waals surface area contributed by atoms with Crippen LogP contribution in [-0.4, -0.2) is 24.4 Å². The van der Waals surface area contributed by atoms with Crippen molar-refractivity contribution < 1.29 is 14.3 Å². The van der Waals surface area contributed by atoms with Gasteiger partial charge in [-0.3, -0.25) is 4.79 Å². The van der Waals surface area contributed by atoms with E-state index >= 15 is 0 Å². The summed E-state index contributed by atoms with van der Waals surface area (Å²) >= 11 is 1.51. The minimum atomic E-state index is -0.212. The molecule has 5 heteroatoms. The largest absolute Gasteiger partial charge is 0.490 e. The van der Waals surface area contributed by atoms with Gasteiger partial charge in [0.05, 0.1) is 18.5 Å². The number of fused-ring (bicyclic) bond motifs is 1. The summed E-state index contributed by atoms with van der Waals surface area (Å²) in [6.07, 6.45) is 0.881. The Morgan fingerprint density at radius 2 is 1.79 bits per heavy atom. The molecule has 1 N–H and O–H groups in total. The first-order valence-corrected chi connectivity index (χ1v) is 8.93. The van der Waals surface area contributed by atoms with Crippen molar-refractivity contribution in [1.29, 1.82) is 0 Å². The summed E-state index contributed by atoms with van der Waals surface area (Å²) in [5.74, 6) is 1.51. The first-order valence-electron chi connectivity index (χ1n) is 8.05. The van der Waals surface area contributed by atoms with Gasteiger partial charge in [0.25, 0.3) is 0 Å². The Bertz CT molecular complexity index is 715. The molecule has 0 aromatic heterocycles. The lowest BCUT2D eigenvalue weighted by Crippen LogP contribution is -2.22. The van der Waals surface area contributed by atoms with E-state index in [1.807, 2.05) is 56.3 Å². The van der Waals surface area contributed by atoms with E-state index in [-0.39, 0.29) is 11.2 Å². The molecule has 2 aromatic carbocycles. The first-order chi connectivity index (χ1) is 11.6. The zero-order chi connectivity index (χ0) is 16.9. The van der Waals surface area contributed by atoms with Gasteiger partial charge in [0.1, 0.15) is 0 Å². The summed E-state index contributed by atoms with van der Waals surface area (Å²) < 4.78 is 11.3. The lowest BCUT2D eigenvalue weighted by Gasteiger charge is -2.14. The second kappa shape index (κ2) is 7.62. The minimum absolute atomic E-state index is 0.0176. The summed E-state index contributed by atoms with van der Waals surface area (Å²) in [7, 11) is 0. The van der Waals surface area contributed by atoms with Crippen LogP contribution >= 0.6 is 11.8 Å². The van der Waals surface area contributed by atoms with Gasteiger partial charge in [0, 0.05) is 17.0 Å². The van der Waals surface area contributed by atoms with Crippen molar-refractivity contribution in [2.75, 3.05) is 18.5 Å². The number of aryl methyl sites for hydroxylation is 1. The number of rotatable bonds is 4. The third-order valence-corrected chi connectivity index (χ3v) is 4.81. The Hall–Kier alpha value is -2.14. The fourth-order valence-electron chi connectivity index (χ4n) is 2.36. The smallest absolute Gasteiger partial charge is 0.237 e. The molecule has 0 spiro atoms. The highest BCUT2D eigenvalue weighted by Gasteiger charge is 2.17. The third kappa shape index (κ3) is 4.23. The number of carbonyl (C=O) groups excluding carboxylic acids is 1. The lowest BCUT2D eigenvalue weighted by molar-refractivity contribution is -0.115. The summed E-state index contributed by atoms with van der Waals surface area (Å²) in [5.41, 5.74) is 1.99. The average molecular weight is 343 g/mol.